The fourth-order valence-electron chi connectivity index (χ4n) is 1.74. The Morgan fingerprint density at radius 3 is 2.75 bits per heavy atom. The van der Waals surface area contributed by atoms with Gasteiger partial charge in [-0.2, -0.15) is 0 Å². The van der Waals surface area contributed by atoms with E-state index >= 15 is 0 Å². The van der Waals surface area contributed by atoms with Gasteiger partial charge >= 0.3 is 0 Å². The third-order valence-electron chi connectivity index (χ3n) is 2.38. The first-order chi connectivity index (χ1) is 5.61. The van der Waals surface area contributed by atoms with Crippen LogP contribution in [0.25, 0.3) is 0 Å². The molecule has 0 aromatic carbocycles. The quantitative estimate of drug-likeness (QED) is 0.547. The number of rotatable bonds is 1. The van der Waals surface area contributed by atoms with Gasteiger partial charge in [0.15, 0.2) is 5.78 Å². The van der Waals surface area contributed by atoms with Gasteiger partial charge in [-0.1, -0.05) is 26.8 Å². The lowest BCUT2D eigenvalue weighted by Crippen LogP contribution is -2.19. The summed E-state index contributed by atoms with van der Waals surface area (Å²) in [6, 6.07) is 0. The normalized spacial score (nSPS) is 28.5. The third kappa shape index (κ3) is 2.20. The van der Waals surface area contributed by atoms with Crippen molar-refractivity contribution in [2.24, 2.45) is 11.8 Å². The summed E-state index contributed by atoms with van der Waals surface area (Å²) in [5.74, 6) is 1.16. The average Bonchev–Trinajstić information content (AvgIpc) is 1.98. The highest BCUT2D eigenvalue weighted by Crippen LogP contribution is 2.25. The van der Waals surface area contributed by atoms with Crippen molar-refractivity contribution in [3.8, 4) is 0 Å². The van der Waals surface area contributed by atoms with Gasteiger partial charge in [-0.3, -0.25) is 4.79 Å². The minimum Gasteiger partial charge on any atom is -0.294 e. The molecule has 1 aliphatic carbocycles. The lowest BCUT2D eigenvalue weighted by atomic mass is 9.84. The van der Waals surface area contributed by atoms with Crippen molar-refractivity contribution in [1.82, 2.24) is 0 Å². The molecule has 1 atom stereocenters. The lowest BCUT2D eigenvalue weighted by molar-refractivity contribution is -0.119. The first-order valence-electron chi connectivity index (χ1n) is 4.86. The Morgan fingerprint density at radius 2 is 2.17 bits per heavy atom. The molecule has 0 spiro atoms. The van der Waals surface area contributed by atoms with E-state index in [1.165, 1.54) is 6.42 Å². The lowest BCUT2D eigenvalue weighted by Gasteiger charge is -2.19. The van der Waals surface area contributed by atoms with Gasteiger partial charge in [0, 0.05) is 5.92 Å². The smallest absolute Gasteiger partial charge is 0.161 e. The summed E-state index contributed by atoms with van der Waals surface area (Å²) < 4.78 is 0. The van der Waals surface area contributed by atoms with Crippen molar-refractivity contribution in [3.05, 3.63) is 11.6 Å². The van der Waals surface area contributed by atoms with Crippen molar-refractivity contribution in [2.45, 2.75) is 40.0 Å². The van der Waals surface area contributed by atoms with Gasteiger partial charge in [-0.15, -0.1) is 0 Å². The Balaban J connectivity index is 2.70. The van der Waals surface area contributed by atoms with E-state index in [2.05, 4.69) is 19.9 Å². The zero-order chi connectivity index (χ0) is 9.14. The Kier molecular flexibility index (Phi) is 3.07. The van der Waals surface area contributed by atoms with Gasteiger partial charge < -0.3 is 0 Å². The number of carbonyl (C=O) groups is 1. The molecule has 68 valence electrons. The third-order valence-corrected chi connectivity index (χ3v) is 2.38. The molecular formula is C11H18O. The number of Topliss-reactive ketones (excluding diaryl/α,β-unsaturated/α-hetero) is 1. The van der Waals surface area contributed by atoms with Crippen molar-refractivity contribution in [2.75, 3.05) is 0 Å². The Labute approximate surface area is 74.9 Å². The first-order valence-corrected chi connectivity index (χ1v) is 4.86. The van der Waals surface area contributed by atoms with Crippen LogP contribution < -0.4 is 0 Å². The number of ketones is 1. The van der Waals surface area contributed by atoms with E-state index in [-0.39, 0.29) is 5.92 Å². The van der Waals surface area contributed by atoms with E-state index < -0.39 is 0 Å². The molecule has 0 aliphatic heterocycles. The fraction of sp³-hybridized carbons (Fsp3) is 0.727. The highest BCUT2D eigenvalue weighted by Gasteiger charge is 2.22. The maximum absolute atomic E-state index is 11.6. The van der Waals surface area contributed by atoms with Gasteiger partial charge in [0.05, 0.1) is 0 Å². The second-order valence-electron chi connectivity index (χ2n) is 4.09. The highest BCUT2D eigenvalue weighted by atomic mass is 16.1. The topological polar surface area (TPSA) is 17.1 Å². The zero-order valence-corrected chi connectivity index (χ0v) is 8.26. The second-order valence-corrected chi connectivity index (χ2v) is 4.09. The molecular weight excluding hydrogens is 148 g/mol. The van der Waals surface area contributed by atoms with Crippen LogP contribution in [0.5, 0.6) is 0 Å². The number of allylic oxidation sites excluding steroid dienone is 2. The molecule has 1 saturated carbocycles. The molecule has 12 heavy (non-hydrogen) atoms. The minimum absolute atomic E-state index is 0.267. The fourth-order valence-corrected chi connectivity index (χ4v) is 1.74. The largest absolute Gasteiger partial charge is 0.294 e. The molecule has 0 aromatic heterocycles. The van der Waals surface area contributed by atoms with Crippen LogP contribution >= 0.6 is 0 Å². The minimum atomic E-state index is 0.267. The molecule has 1 fully saturated rings. The average molecular weight is 166 g/mol. The zero-order valence-electron chi connectivity index (χ0n) is 8.26. The van der Waals surface area contributed by atoms with Crippen LogP contribution in [0.2, 0.25) is 0 Å². The second kappa shape index (κ2) is 3.88. The van der Waals surface area contributed by atoms with Crippen LogP contribution in [-0.2, 0) is 4.79 Å². The molecule has 0 saturated heterocycles. The molecule has 0 bridgehead atoms. The standard InChI is InChI=1S/C11H18O/c1-8(2)7-10-6-4-5-9(3)11(10)12/h7-9H,4-6H2,1-3H3. The Bertz CT molecular complexity index is 201. The summed E-state index contributed by atoms with van der Waals surface area (Å²) in [5, 5.41) is 0. The van der Waals surface area contributed by atoms with Crippen LogP contribution in [-0.4, -0.2) is 5.78 Å². The molecule has 1 nitrogen and oxygen atoms in total. The summed E-state index contributed by atoms with van der Waals surface area (Å²) in [4.78, 5) is 11.6. The molecule has 0 amide bonds. The van der Waals surface area contributed by atoms with E-state index in [1.54, 1.807) is 0 Å². The summed E-state index contributed by atoms with van der Waals surface area (Å²) in [6.45, 7) is 6.29. The SMILES string of the molecule is CC(C)C=C1CCCC(C)C1=O. The summed E-state index contributed by atoms with van der Waals surface area (Å²) in [7, 11) is 0. The van der Waals surface area contributed by atoms with Crippen LogP contribution in [0.15, 0.2) is 11.6 Å². The van der Waals surface area contributed by atoms with E-state index in [0.29, 0.717) is 11.7 Å². The van der Waals surface area contributed by atoms with E-state index in [1.807, 2.05) is 6.92 Å². The highest BCUT2D eigenvalue weighted by molar-refractivity contribution is 5.97. The van der Waals surface area contributed by atoms with Crippen LogP contribution in [0.4, 0.5) is 0 Å². The van der Waals surface area contributed by atoms with Gasteiger partial charge in [0.25, 0.3) is 0 Å². The molecule has 1 unspecified atom stereocenters. The molecule has 0 heterocycles. The molecule has 0 radical (unpaired) electrons. The Morgan fingerprint density at radius 1 is 1.50 bits per heavy atom. The summed E-state index contributed by atoms with van der Waals surface area (Å²) >= 11 is 0. The van der Waals surface area contributed by atoms with Crippen LogP contribution in [0, 0.1) is 11.8 Å². The van der Waals surface area contributed by atoms with Crippen molar-refractivity contribution < 1.29 is 4.79 Å². The number of hydrogen-bond donors (Lipinski definition) is 0. The molecule has 0 aromatic rings. The number of carbonyl (C=O) groups excluding carboxylic acids is 1. The monoisotopic (exact) mass is 166 g/mol. The van der Waals surface area contributed by atoms with Crippen LogP contribution in [0.3, 0.4) is 0 Å². The first kappa shape index (κ1) is 9.50. The van der Waals surface area contributed by atoms with E-state index in [4.69, 9.17) is 0 Å². The Hall–Kier alpha value is -0.590. The van der Waals surface area contributed by atoms with Gasteiger partial charge in [-0.25, -0.2) is 0 Å². The van der Waals surface area contributed by atoms with Crippen molar-refractivity contribution in [3.63, 3.8) is 0 Å². The van der Waals surface area contributed by atoms with Gasteiger partial charge in [0.1, 0.15) is 0 Å². The van der Waals surface area contributed by atoms with Gasteiger partial charge in [-0.05, 0) is 30.8 Å². The predicted octanol–water partition coefficient (Wildman–Crippen LogP) is 2.96. The summed E-state index contributed by atoms with van der Waals surface area (Å²) in [5.41, 5.74) is 1.07. The molecule has 1 rings (SSSR count). The molecule has 1 aliphatic rings. The maximum atomic E-state index is 11.6. The summed E-state index contributed by atoms with van der Waals surface area (Å²) in [6.07, 6.45) is 5.39. The number of hydrogen-bond acceptors (Lipinski definition) is 1. The van der Waals surface area contributed by atoms with Crippen molar-refractivity contribution >= 4 is 5.78 Å². The van der Waals surface area contributed by atoms with Gasteiger partial charge in [0.2, 0.25) is 0 Å². The maximum Gasteiger partial charge on any atom is 0.161 e. The van der Waals surface area contributed by atoms with Crippen LogP contribution in [0.1, 0.15) is 40.0 Å². The predicted molar refractivity (Wildman–Crippen MR) is 50.9 cm³/mol. The van der Waals surface area contributed by atoms with Crippen molar-refractivity contribution in [1.29, 1.82) is 0 Å². The molecule has 0 N–H and O–H groups in total. The molecule has 1 heteroatoms. The van der Waals surface area contributed by atoms with E-state index in [0.717, 1.165) is 18.4 Å². The van der Waals surface area contributed by atoms with E-state index in [9.17, 15) is 4.79 Å².